The number of rotatable bonds is 8. The molecule has 2 aliphatic rings. The van der Waals surface area contributed by atoms with E-state index in [4.69, 9.17) is 9.47 Å². The molecule has 142 valence electrons. The van der Waals surface area contributed by atoms with E-state index in [0.717, 1.165) is 64.9 Å². The molecule has 1 aliphatic carbocycles. The van der Waals surface area contributed by atoms with Gasteiger partial charge in [0.2, 0.25) is 0 Å². The first-order valence-corrected chi connectivity index (χ1v) is 9.02. The summed E-state index contributed by atoms with van der Waals surface area (Å²) in [5.74, 6) is 0.918. The number of ether oxygens (including phenoxy) is 2. The molecule has 0 bridgehead atoms. The van der Waals surface area contributed by atoms with Crippen molar-refractivity contribution < 1.29 is 9.47 Å². The Bertz CT molecular complexity index is 356. The molecule has 0 amide bonds. The number of nitrogens with one attached hydrogen (secondary N) is 2. The number of morpholine rings is 1. The molecule has 24 heavy (non-hydrogen) atoms. The predicted octanol–water partition coefficient (Wildman–Crippen LogP) is 1.70. The molecule has 0 aromatic carbocycles. The molecule has 6 nitrogen and oxygen atoms in total. The molecular formula is C17H35IN4O2. The van der Waals surface area contributed by atoms with E-state index in [1.54, 1.807) is 7.11 Å². The van der Waals surface area contributed by atoms with Gasteiger partial charge in [-0.1, -0.05) is 12.8 Å². The van der Waals surface area contributed by atoms with Gasteiger partial charge in [0.05, 0.1) is 13.2 Å². The predicted molar refractivity (Wildman–Crippen MR) is 109 cm³/mol. The maximum absolute atomic E-state index is 5.38. The molecule has 0 unspecified atom stereocenters. The third-order valence-corrected chi connectivity index (χ3v) is 5.18. The van der Waals surface area contributed by atoms with Crippen molar-refractivity contribution in [3.05, 3.63) is 0 Å². The maximum Gasteiger partial charge on any atom is 0.191 e. The van der Waals surface area contributed by atoms with Gasteiger partial charge in [-0.2, -0.15) is 0 Å². The maximum atomic E-state index is 5.38. The summed E-state index contributed by atoms with van der Waals surface area (Å²) in [6, 6.07) is 0. The molecule has 1 heterocycles. The quantitative estimate of drug-likeness (QED) is 0.332. The molecule has 0 aromatic rings. The second kappa shape index (κ2) is 12.3. The molecule has 1 saturated carbocycles. The fourth-order valence-corrected chi connectivity index (χ4v) is 3.61. The Labute approximate surface area is 164 Å². The minimum absolute atomic E-state index is 0. The summed E-state index contributed by atoms with van der Waals surface area (Å²) in [6.45, 7) is 7.59. The van der Waals surface area contributed by atoms with Crippen molar-refractivity contribution in [2.75, 3.05) is 66.7 Å². The first-order valence-electron chi connectivity index (χ1n) is 9.02. The Kier molecular flexibility index (Phi) is 11.2. The van der Waals surface area contributed by atoms with Crippen molar-refractivity contribution >= 4 is 29.9 Å². The molecule has 0 atom stereocenters. The minimum Gasteiger partial charge on any atom is -0.385 e. The second-order valence-corrected chi connectivity index (χ2v) is 6.76. The zero-order chi connectivity index (χ0) is 16.4. The number of methoxy groups -OCH3 is 1. The molecule has 0 aromatic heterocycles. The fraction of sp³-hybridized carbons (Fsp3) is 0.941. The summed E-state index contributed by atoms with van der Waals surface area (Å²) in [5, 5.41) is 6.98. The van der Waals surface area contributed by atoms with E-state index in [2.05, 4.69) is 20.5 Å². The van der Waals surface area contributed by atoms with Crippen LogP contribution in [0.2, 0.25) is 0 Å². The monoisotopic (exact) mass is 454 g/mol. The van der Waals surface area contributed by atoms with Crippen molar-refractivity contribution in [3.8, 4) is 0 Å². The van der Waals surface area contributed by atoms with Crippen molar-refractivity contribution in [1.82, 2.24) is 15.5 Å². The standard InChI is InChI=1S/C17H34N4O2.HI/c1-18-16(19-8-9-21-10-13-23-14-11-21)20-15-17(7-12-22-2)5-3-4-6-17;/h3-15H2,1-2H3,(H2,18,19,20);1H. The van der Waals surface area contributed by atoms with Gasteiger partial charge in [-0.05, 0) is 24.7 Å². The Morgan fingerprint density at radius 3 is 2.54 bits per heavy atom. The summed E-state index contributed by atoms with van der Waals surface area (Å²) in [7, 11) is 3.64. The molecule has 2 fully saturated rings. The van der Waals surface area contributed by atoms with E-state index in [9.17, 15) is 0 Å². The van der Waals surface area contributed by atoms with E-state index in [0.29, 0.717) is 5.41 Å². The number of nitrogens with zero attached hydrogens (tertiary/aromatic N) is 2. The zero-order valence-corrected chi connectivity index (χ0v) is 17.6. The Morgan fingerprint density at radius 2 is 1.92 bits per heavy atom. The molecule has 7 heteroatoms. The summed E-state index contributed by atoms with van der Waals surface area (Å²) in [6.07, 6.45) is 6.42. The normalized spacial score (nSPS) is 21.3. The summed E-state index contributed by atoms with van der Waals surface area (Å²) in [4.78, 5) is 6.79. The van der Waals surface area contributed by atoms with Gasteiger partial charge in [-0.3, -0.25) is 9.89 Å². The average molecular weight is 454 g/mol. The van der Waals surface area contributed by atoms with Gasteiger partial charge in [0.15, 0.2) is 5.96 Å². The van der Waals surface area contributed by atoms with E-state index in [1.165, 1.54) is 25.7 Å². The van der Waals surface area contributed by atoms with Gasteiger partial charge in [0.25, 0.3) is 0 Å². The summed E-state index contributed by atoms with van der Waals surface area (Å²) in [5.41, 5.74) is 0.387. The smallest absolute Gasteiger partial charge is 0.191 e. The van der Waals surface area contributed by atoms with Crippen LogP contribution in [0.5, 0.6) is 0 Å². The topological polar surface area (TPSA) is 58.1 Å². The summed E-state index contributed by atoms with van der Waals surface area (Å²) >= 11 is 0. The Morgan fingerprint density at radius 1 is 1.21 bits per heavy atom. The van der Waals surface area contributed by atoms with Crippen LogP contribution in [0.25, 0.3) is 0 Å². The lowest BCUT2D eigenvalue weighted by molar-refractivity contribution is 0.0389. The van der Waals surface area contributed by atoms with Crippen LogP contribution in [0.15, 0.2) is 4.99 Å². The molecular weight excluding hydrogens is 419 g/mol. The lowest BCUT2D eigenvalue weighted by atomic mass is 9.83. The van der Waals surface area contributed by atoms with E-state index in [1.807, 2.05) is 7.05 Å². The average Bonchev–Trinajstić information content (AvgIpc) is 3.06. The van der Waals surface area contributed by atoms with Crippen LogP contribution >= 0.6 is 24.0 Å². The highest BCUT2D eigenvalue weighted by atomic mass is 127. The van der Waals surface area contributed by atoms with Gasteiger partial charge in [0, 0.05) is 53.5 Å². The largest absolute Gasteiger partial charge is 0.385 e. The van der Waals surface area contributed by atoms with Crippen LogP contribution in [-0.4, -0.2) is 77.6 Å². The third kappa shape index (κ3) is 7.41. The number of halogens is 1. The number of hydrogen-bond donors (Lipinski definition) is 2. The number of hydrogen-bond acceptors (Lipinski definition) is 4. The third-order valence-electron chi connectivity index (χ3n) is 5.18. The van der Waals surface area contributed by atoms with Crippen LogP contribution in [0.3, 0.4) is 0 Å². The molecule has 0 radical (unpaired) electrons. The zero-order valence-electron chi connectivity index (χ0n) is 15.3. The van der Waals surface area contributed by atoms with Gasteiger partial charge >= 0.3 is 0 Å². The number of guanidine groups is 1. The highest BCUT2D eigenvalue weighted by Crippen LogP contribution is 2.40. The van der Waals surface area contributed by atoms with Gasteiger partial charge in [-0.15, -0.1) is 24.0 Å². The molecule has 1 aliphatic heterocycles. The van der Waals surface area contributed by atoms with E-state index >= 15 is 0 Å². The van der Waals surface area contributed by atoms with Gasteiger partial charge < -0.3 is 20.1 Å². The highest BCUT2D eigenvalue weighted by molar-refractivity contribution is 14.0. The molecule has 1 saturated heterocycles. The van der Waals surface area contributed by atoms with Crippen LogP contribution in [0.4, 0.5) is 0 Å². The Hall–Kier alpha value is -0.120. The fourth-order valence-electron chi connectivity index (χ4n) is 3.61. The Balaban J connectivity index is 0.00000288. The van der Waals surface area contributed by atoms with Crippen molar-refractivity contribution in [1.29, 1.82) is 0 Å². The summed E-state index contributed by atoms with van der Waals surface area (Å²) < 4.78 is 10.7. The number of aliphatic imine (C=N–C) groups is 1. The first-order chi connectivity index (χ1) is 11.3. The lowest BCUT2D eigenvalue weighted by Gasteiger charge is -2.30. The van der Waals surface area contributed by atoms with Crippen molar-refractivity contribution in [2.24, 2.45) is 10.4 Å². The van der Waals surface area contributed by atoms with E-state index in [-0.39, 0.29) is 24.0 Å². The molecule has 2 rings (SSSR count). The van der Waals surface area contributed by atoms with Crippen LogP contribution < -0.4 is 10.6 Å². The first kappa shape index (κ1) is 21.9. The SMILES string of the molecule is CN=C(NCCN1CCOCC1)NCC1(CCOC)CCCC1.I. The van der Waals surface area contributed by atoms with Crippen molar-refractivity contribution in [3.63, 3.8) is 0 Å². The van der Waals surface area contributed by atoms with Crippen molar-refractivity contribution in [2.45, 2.75) is 32.1 Å². The minimum atomic E-state index is 0. The lowest BCUT2D eigenvalue weighted by Crippen LogP contribution is -2.46. The van der Waals surface area contributed by atoms with Crippen LogP contribution in [0, 0.1) is 5.41 Å². The van der Waals surface area contributed by atoms with Gasteiger partial charge in [-0.25, -0.2) is 0 Å². The highest BCUT2D eigenvalue weighted by Gasteiger charge is 2.33. The molecule has 0 spiro atoms. The van der Waals surface area contributed by atoms with E-state index < -0.39 is 0 Å². The van der Waals surface area contributed by atoms with Crippen LogP contribution in [-0.2, 0) is 9.47 Å². The second-order valence-electron chi connectivity index (χ2n) is 6.76. The van der Waals surface area contributed by atoms with Crippen LogP contribution in [0.1, 0.15) is 32.1 Å². The van der Waals surface area contributed by atoms with Gasteiger partial charge in [0.1, 0.15) is 0 Å². The molecule has 2 N–H and O–H groups in total.